The van der Waals surface area contributed by atoms with E-state index in [2.05, 4.69) is 4.90 Å². The number of rotatable bonds is 5. The van der Waals surface area contributed by atoms with E-state index in [9.17, 15) is 14.9 Å². The van der Waals surface area contributed by atoms with Crippen molar-refractivity contribution in [3.05, 3.63) is 46.0 Å². The fourth-order valence-corrected chi connectivity index (χ4v) is 2.39. The van der Waals surface area contributed by atoms with Gasteiger partial charge in [-0.1, -0.05) is 12.1 Å². The molecule has 1 aromatic carbocycles. The van der Waals surface area contributed by atoms with E-state index in [1.165, 1.54) is 18.2 Å². The standard InChI is InChI=1S/C15H19N3O4/c19-12-11-16-7-9-17(10-8-16)15(20)6-5-13-3-1-2-4-14(13)18(21)22/h1-6,19H,7-12H2/b6-5+. The Morgan fingerprint density at radius 3 is 2.59 bits per heavy atom. The Balaban J connectivity index is 1.97. The molecule has 0 unspecified atom stereocenters. The summed E-state index contributed by atoms with van der Waals surface area (Å²) in [7, 11) is 0. The first-order valence-corrected chi connectivity index (χ1v) is 7.15. The lowest BCUT2D eigenvalue weighted by Crippen LogP contribution is -2.48. The number of aliphatic hydroxyl groups excluding tert-OH is 1. The molecule has 0 radical (unpaired) electrons. The molecule has 0 spiro atoms. The van der Waals surface area contributed by atoms with Crippen molar-refractivity contribution < 1.29 is 14.8 Å². The van der Waals surface area contributed by atoms with Crippen LogP contribution in [-0.2, 0) is 4.79 Å². The molecule has 0 atom stereocenters. The van der Waals surface area contributed by atoms with E-state index in [1.54, 1.807) is 23.1 Å². The normalized spacial score (nSPS) is 16.1. The van der Waals surface area contributed by atoms with Gasteiger partial charge < -0.3 is 10.0 Å². The molecule has 7 heteroatoms. The Hall–Kier alpha value is -2.25. The molecular weight excluding hydrogens is 286 g/mol. The SMILES string of the molecule is O=C(/C=C/c1ccccc1[N+](=O)[O-])N1CCN(CCO)CC1. The zero-order valence-corrected chi connectivity index (χ0v) is 12.2. The molecule has 22 heavy (non-hydrogen) atoms. The summed E-state index contributed by atoms with van der Waals surface area (Å²) < 4.78 is 0. The lowest BCUT2D eigenvalue weighted by molar-refractivity contribution is -0.385. The molecule has 1 heterocycles. The first-order chi connectivity index (χ1) is 10.6. The van der Waals surface area contributed by atoms with Crippen molar-refractivity contribution in [2.75, 3.05) is 39.3 Å². The summed E-state index contributed by atoms with van der Waals surface area (Å²) >= 11 is 0. The molecule has 1 fully saturated rings. The Morgan fingerprint density at radius 1 is 1.27 bits per heavy atom. The molecule has 1 amide bonds. The van der Waals surface area contributed by atoms with E-state index >= 15 is 0 Å². The van der Waals surface area contributed by atoms with Crippen LogP contribution in [0, 0.1) is 10.1 Å². The second kappa shape index (κ2) is 7.67. The van der Waals surface area contributed by atoms with Gasteiger partial charge in [0.25, 0.3) is 5.69 Å². The minimum atomic E-state index is -0.461. The van der Waals surface area contributed by atoms with Gasteiger partial charge in [0.05, 0.1) is 17.1 Å². The molecule has 2 rings (SSSR count). The van der Waals surface area contributed by atoms with Gasteiger partial charge in [0.2, 0.25) is 5.91 Å². The quantitative estimate of drug-likeness (QED) is 0.492. The predicted octanol–water partition coefficient (Wildman–Crippen LogP) is 0.745. The van der Waals surface area contributed by atoms with Crippen LogP contribution in [0.15, 0.2) is 30.3 Å². The number of carbonyl (C=O) groups is 1. The van der Waals surface area contributed by atoms with Gasteiger partial charge in [-0.2, -0.15) is 0 Å². The molecule has 0 bridgehead atoms. The van der Waals surface area contributed by atoms with E-state index in [0.29, 0.717) is 25.2 Å². The number of para-hydroxylation sites is 1. The van der Waals surface area contributed by atoms with Gasteiger partial charge in [-0.25, -0.2) is 0 Å². The number of carbonyl (C=O) groups excluding carboxylic acids is 1. The number of benzene rings is 1. The summed E-state index contributed by atoms with van der Waals surface area (Å²) in [5.41, 5.74) is 0.402. The third-order valence-corrected chi connectivity index (χ3v) is 3.64. The van der Waals surface area contributed by atoms with Crippen LogP contribution in [0.25, 0.3) is 6.08 Å². The fraction of sp³-hybridized carbons (Fsp3) is 0.400. The first kappa shape index (κ1) is 16.1. The smallest absolute Gasteiger partial charge is 0.276 e. The molecule has 1 aromatic rings. The van der Waals surface area contributed by atoms with Gasteiger partial charge in [-0.15, -0.1) is 0 Å². The van der Waals surface area contributed by atoms with E-state index < -0.39 is 4.92 Å². The number of nitro groups is 1. The van der Waals surface area contributed by atoms with Gasteiger partial charge in [0.15, 0.2) is 0 Å². The third-order valence-electron chi connectivity index (χ3n) is 3.64. The van der Waals surface area contributed by atoms with E-state index in [-0.39, 0.29) is 18.2 Å². The number of amides is 1. The average Bonchev–Trinajstić information content (AvgIpc) is 2.54. The number of hydrogen-bond acceptors (Lipinski definition) is 5. The molecule has 1 saturated heterocycles. The zero-order chi connectivity index (χ0) is 15.9. The van der Waals surface area contributed by atoms with Gasteiger partial charge in [-0.05, 0) is 12.1 Å². The molecule has 7 nitrogen and oxygen atoms in total. The molecule has 0 aromatic heterocycles. The predicted molar refractivity (Wildman–Crippen MR) is 82.2 cm³/mol. The lowest BCUT2D eigenvalue weighted by Gasteiger charge is -2.33. The zero-order valence-electron chi connectivity index (χ0n) is 12.2. The maximum atomic E-state index is 12.1. The summed E-state index contributed by atoms with van der Waals surface area (Å²) in [5, 5.41) is 19.8. The van der Waals surface area contributed by atoms with Gasteiger partial charge in [-0.3, -0.25) is 19.8 Å². The number of aliphatic hydroxyl groups is 1. The van der Waals surface area contributed by atoms with Crippen LogP contribution in [-0.4, -0.2) is 65.1 Å². The Kier molecular flexibility index (Phi) is 5.62. The molecule has 1 aliphatic heterocycles. The average molecular weight is 305 g/mol. The largest absolute Gasteiger partial charge is 0.395 e. The van der Waals surface area contributed by atoms with Crippen LogP contribution < -0.4 is 0 Å². The second-order valence-corrected chi connectivity index (χ2v) is 5.04. The highest BCUT2D eigenvalue weighted by Crippen LogP contribution is 2.19. The first-order valence-electron chi connectivity index (χ1n) is 7.15. The van der Waals surface area contributed by atoms with Crippen LogP contribution in [0.4, 0.5) is 5.69 Å². The highest BCUT2D eigenvalue weighted by atomic mass is 16.6. The highest BCUT2D eigenvalue weighted by molar-refractivity contribution is 5.92. The van der Waals surface area contributed by atoms with Crippen molar-refractivity contribution in [1.82, 2.24) is 9.80 Å². The van der Waals surface area contributed by atoms with Crippen molar-refractivity contribution in [2.45, 2.75) is 0 Å². The van der Waals surface area contributed by atoms with Crippen LogP contribution >= 0.6 is 0 Å². The van der Waals surface area contributed by atoms with E-state index in [0.717, 1.165) is 13.1 Å². The summed E-state index contributed by atoms with van der Waals surface area (Å²) in [4.78, 5) is 26.4. The Labute approximate surface area is 128 Å². The summed E-state index contributed by atoms with van der Waals surface area (Å²) in [6.07, 6.45) is 2.87. The molecule has 0 saturated carbocycles. The molecule has 118 valence electrons. The van der Waals surface area contributed by atoms with Crippen LogP contribution in [0.2, 0.25) is 0 Å². The maximum Gasteiger partial charge on any atom is 0.276 e. The minimum Gasteiger partial charge on any atom is -0.395 e. The van der Waals surface area contributed by atoms with Crippen LogP contribution in [0.3, 0.4) is 0 Å². The highest BCUT2D eigenvalue weighted by Gasteiger charge is 2.19. The van der Waals surface area contributed by atoms with Crippen LogP contribution in [0.5, 0.6) is 0 Å². The Morgan fingerprint density at radius 2 is 1.95 bits per heavy atom. The Bertz CT molecular complexity index is 566. The van der Waals surface area contributed by atoms with Crippen molar-refractivity contribution in [2.24, 2.45) is 0 Å². The summed E-state index contributed by atoms with van der Waals surface area (Å²) in [6.45, 7) is 3.39. The lowest BCUT2D eigenvalue weighted by atomic mass is 10.1. The minimum absolute atomic E-state index is 0.0145. The van der Waals surface area contributed by atoms with Crippen molar-refractivity contribution >= 4 is 17.7 Å². The number of nitrogens with zero attached hydrogens (tertiary/aromatic N) is 3. The van der Waals surface area contributed by atoms with Crippen LogP contribution in [0.1, 0.15) is 5.56 Å². The van der Waals surface area contributed by atoms with Gasteiger partial charge in [0.1, 0.15) is 0 Å². The molecule has 0 aliphatic carbocycles. The monoisotopic (exact) mass is 305 g/mol. The van der Waals surface area contributed by atoms with Crippen molar-refractivity contribution in [1.29, 1.82) is 0 Å². The number of nitro benzene ring substituents is 1. The second-order valence-electron chi connectivity index (χ2n) is 5.04. The number of hydrogen-bond donors (Lipinski definition) is 1. The summed E-state index contributed by atoms with van der Waals surface area (Å²) in [5.74, 6) is -0.151. The summed E-state index contributed by atoms with van der Waals surface area (Å²) in [6, 6.07) is 6.32. The number of piperazine rings is 1. The maximum absolute atomic E-state index is 12.1. The van der Waals surface area contributed by atoms with Gasteiger partial charge >= 0.3 is 0 Å². The fourth-order valence-electron chi connectivity index (χ4n) is 2.39. The van der Waals surface area contributed by atoms with E-state index in [4.69, 9.17) is 5.11 Å². The van der Waals surface area contributed by atoms with E-state index in [1.807, 2.05) is 0 Å². The molecule has 1 aliphatic rings. The third kappa shape index (κ3) is 4.12. The number of β-amino-alcohol motifs (C(OH)–C–C–N with tert-alkyl or cyclic N) is 1. The van der Waals surface area contributed by atoms with Crippen molar-refractivity contribution in [3.63, 3.8) is 0 Å². The topological polar surface area (TPSA) is 86.9 Å². The van der Waals surface area contributed by atoms with Gasteiger partial charge in [0, 0.05) is 44.9 Å². The molecule has 1 N–H and O–H groups in total. The van der Waals surface area contributed by atoms with Crippen molar-refractivity contribution in [3.8, 4) is 0 Å². The molecular formula is C15H19N3O4.